The highest BCUT2D eigenvalue weighted by Gasteiger charge is 2.22. The van der Waals surface area contributed by atoms with Crippen LogP contribution >= 0.6 is 34.8 Å². The predicted molar refractivity (Wildman–Crippen MR) is 74.3 cm³/mol. The number of hydrogen-bond donors (Lipinski definition) is 1. The lowest BCUT2D eigenvalue weighted by Crippen LogP contribution is -2.15. The van der Waals surface area contributed by atoms with Gasteiger partial charge in [-0.05, 0) is 24.3 Å². The number of benzene rings is 1. The van der Waals surface area contributed by atoms with Crippen LogP contribution in [0.2, 0.25) is 15.2 Å². The van der Waals surface area contributed by atoms with Crippen LogP contribution in [0.25, 0.3) is 0 Å². The monoisotopic (exact) mass is 355 g/mol. The zero-order chi connectivity index (χ0) is 14.9. The number of hydrogen-bond acceptors (Lipinski definition) is 4. The molecular weight excluding hydrogens is 352 g/mol. The van der Waals surface area contributed by atoms with Crippen LogP contribution in [0.3, 0.4) is 0 Å². The van der Waals surface area contributed by atoms with Gasteiger partial charge in [-0.25, -0.2) is 12.8 Å². The highest BCUT2D eigenvalue weighted by molar-refractivity contribution is 7.92. The Labute approximate surface area is 128 Å². The quantitative estimate of drug-likeness (QED) is 0.856. The van der Waals surface area contributed by atoms with Crippen molar-refractivity contribution in [2.75, 3.05) is 4.72 Å². The standard InChI is InChI=1S/C10H5Cl3FN3O2S/c11-5-1-2-6(9(13)10(5)14)20(18,19)17-8-4-3-7(12)15-16-8/h1-4H,(H,16,17). The molecule has 1 heterocycles. The van der Waals surface area contributed by atoms with E-state index in [1.54, 1.807) is 0 Å². The largest absolute Gasteiger partial charge is 0.264 e. The molecule has 0 fully saturated rings. The van der Waals surface area contributed by atoms with Gasteiger partial charge in [0.05, 0.1) is 10.0 Å². The Morgan fingerprint density at radius 2 is 1.75 bits per heavy atom. The second kappa shape index (κ2) is 5.69. The van der Waals surface area contributed by atoms with Crippen LogP contribution in [0.5, 0.6) is 0 Å². The summed E-state index contributed by atoms with van der Waals surface area (Å²) < 4.78 is 39.7. The van der Waals surface area contributed by atoms with Crippen LogP contribution < -0.4 is 4.72 Å². The number of rotatable bonds is 3. The molecule has 0 bridgehead atoms. The molecule has 1 aromatic heterocycles. The average Bonchev–Trinajstić information content (AvgIpc) is 2.38. The minimum absolute atomic E-state index is 0.0826. The molecule has 0 amide bonds. The van der Waals surface area contributed by atoms with E-state index < -0.39 is 25.8 Å². The van der Waals surface area contributed by atoms with Crippen molar-refractivity contribution in [3.63, 3.8) is 0 Å². The number of sulfonamides is 1. The molecule has 10 heteroatoms. The first-order valence-electron chi connectivity index (χ1n) is 4.97. The van der Waals surface area contributed by atoms with Gasteiger partial charge >= 0.3 is 0 Å². The lowest BCUT2D eigenvalue weighted by atomic mass is 10.3. The summed E-state index contributed by atoms with van der Waals surface area (Å²) in [5.74, 6) is -1.10. The minimum Gasteiger partial charge on any atom is -0.262 e. The van der Waals surface area contributed by atoms with E-state index >= 15 is 0 Å². The smallest absolute Gasteiger partial charge is 0.262 e. The molecule has 0 saturated carbocycles. The first-order chi connectivity index (χ1) is 9.31. The summed E-state index contributed by atoms with van der Waals surface area (Å²) in [6.07, 6.45) is 0. The molecule has 0 radical (unpaired) electrons. The molecule has 1 aromatic carbocycles. The summed E-state index contributed by atoms with van der Waals surface area (Å²) in [7, 11) is -4.12. The minimum atomic E-state index is -4.12. The Kier molecular flexibility index (Phi) is 4.33. The van der Waals surface area contributed by atoms with Crippen molar-refractivity contribution in [1.82, 2.24) is 10.2 Å². The van der Waals surface area contributed by atoms with E-state index in [0.29, 0.717) is 0 Å². The molecule has 0 unspecified atom stereocenters. The van der Waals surface area contributed by atoms with Gasteiger partial charge in [0.2, 0.25) is 0 Å². The third-order valence-electron chi connectivity index (χ3n) is 2.16. The van der Waals surface area contributed by atoms with Crippen LogP contribution in [0.15, 0.2) is 29.2 Å². The zero-order valence-electron chi connectivity index (χ0n) is 9.44. The van der Waals surface area contributed by atoms with Crippen molar-refractivity contribution in [3.05, 3.63) is 45.3 Å². The fraction of sp³-hybridized carbons (Fsp3) is 0. The van der Waals surface area contributed by atoms with E-state index in [1.165, 1.54) is 12.1 Å². The molecule has 20 heavy (non-hydrogen) atoms. The molecule has 2 rings (SSSR count). The van der Waals surface area contributed by atoms with Gasteiger partial charge in [0.15, 0.2) is 16.8 Å². The Hall–Kier alpha value is -1.15. The van der Waals surface area contributed by atoms with Crippen molar-refractivity contribution >= 4 is 50.6 Å². The van der Waals surface area contributed by atoms with Crippen molar-refractivity contribution in [2.24, 2.45) is 0 Å². The third kappa shape index (κ3) is 3.12. The zero-order valence-corrected chi connectivity index (χ0v) is 12.5. The van der Waals surface area contributed by atoms with Crippen molar-refractivity contribution < 1.29 is 12.8 Å². The van der Waals surface area contributed by atoms with E-state index in [4.69, 9.17) is 34.8 Å². The number of aromatic nitrogens is 2. The highest BCUT2D eigenvalue weighted by Crippen LogP contribution is 2.30. The van der Waals surface area contributed by atoms with Crippen LogP contribution in [-0.2, 0) is 10.0 Å². The molecule has 0 saturated heterocycles. The lowest BCUT2D eigenvalue weighted by Gasteiger charge is -2.09. The summed E-state index contributed by atoms with van der Waals surface area (Å²) in [5.41, 5.74) is 0. The summed E-state index contributed by atoms with van der Waals surface area (Å²) in [4.78, 5) is -0.460. The van der Waals surface area contributed by atoms with Crippen LogP contribution in [-0.4, -0.2) is 18.6 Å². The second-order valence-corrected chi connectivity index (χ2v) is 6.34. The van der Waals surface area contributed by atoms with E-state index in [1.807, 2.05) is 0 Å². The van der Waals surface area contributed by atoms with Gasteiger partial charge in [-0.1, -0.05) is 34.8 Å². The SMILES string of the molecule is O=S(=O)(Nc1ccc(Cl)nn1)c1ccc(Cl)c(F)c1Cl. The number of anilines is 1. The molecule has 0 aliphatic carbocycles. The Morgan fingerprint density at radius 1 is 1.05 bits per heavy atom. The molecule has 5 nitrogen and oxygen atoms in total. The van der Waals surface area contributed by atoms with E-state index in [9.17, 15) is 12.8 Å². The van der Waals surface area contributed by atoms with Crippen LogP contribution in [0, 0.1) is 5.82 Å². The topological polar surface area (TPSA) is 72.0 Å². The number of nitrogens with one attached hydrogen (secondary N) is 1. The maximum absolute atomic E-state index is 13.5. The van der Waals surface area contributed by atoms with E-state index in [0.717, 1.165) is 12.1 Å². The molecule has 0 spiro atoms. The van der Waals surface area contributed by atoms with Crippen molar-refractivity contribution in [2.45, 2.75) is 4.90 Å². The third-order valence-corrected chi connectivity index (χ3v) is 4.53. The summed E-state index contributed by atoms with van der Waals surface area (Å²) in [6, 6.07) is 4.81. The van der Waals surface area contributed by atoms with Gasteiger partial charge in [0.1, 0.15) is 4.90 Å². The van der Waals surface area contributed by atoms with E-state index in [-0.39, 0.29) is 16.0 Å². The molecule has 0 atom stereocenters. The second-order valence-electron chi connectivity index (χ2n) is 3.52. The molecule has 0 aliphatic rings. The predicted octanol–water partition coefficient (Wildman–Crippen LogP) is 3.38. The fourth-order valence-electron chi connectivity index (χ4n) is 1.28. The summed E-state index contributed by atoms with van der Waals surface area (Å²) in [6.45, 7) is 0. The fourth-order valence-corrected chi connectivity index (χ4v) is 3.12. The Morgan fingerprint density at radius 3 is 2.35 bits per heavy atom. The van der Waals surface area contributed by atoms with Gasteiger partial charge < -0.3 is 0 Å². The maximum atomic E-state index is 13.5. The van der Waals surface area contributed by atoms with Gasteiger partial charge in [-0.2, -0.15) is 0 Å². The molecular formula is C10H5Cl3FN3O2S. The van der Waals surface area contributed by atoms with Crippen LogP contribution in [0.4, 0.5) is 10.2 Å². The Balaban J connectivity index is 2.41. The van der Waals surface area contributed by atoms with Gasteiger partial charge in [-0.3, -0.25) is 4.72 Å². The summed E-state index contributed by atoms with van der Waals surface area (Å²) >= 11 is 16.7. The van der Waals surface area contributed by atoms with Crippen molar-refractivity contribution in [1.29, 1.82) is 0 Å². The van der Waals surface area contributed by atoms with Crippen molar-refractivity contribution in [3.8, 4) is 0 Å². The first kappa shape index (κ1) is 15.2. The molecule has 0 aliphatic heterocycles. The van der Waals surface area contributed by atoms with Crippen LogP contribution in [0.1, 0.15) is 0 Å². The lowest BCUT2D eigenvalue weighted by molar-refractivity contribution is 0.595. The molecule has 2 aromatic rings. The average molecular weight is 357 g/mol. The first-order valence-corrected chi connectivity index (χ1v) is 7.58. The summed E-state index contributed by atoms with van der Waals surface area (Å²) in [5, 5.41) is 6.21. The van der Waals surface area contributed by atoms with E-state index in [2.05, 4.69) is 14.9 Å². The normalized spacial score (nSPS) is 11.4. The number of nitrogens with zero attached hydrogens (tertiary/aromatic N) is 2. The van der Waals surface area contributed by atoms with Gasteiger partial charge in [0.25, 0.3) is 10.0 Å². The van der Waals surface area contributed by atoms with Gasteiger partial charge in [0, 0.05) is 0 Å². The van der Waals surface area contributed by atoms with Gasteiger partial charge in [-0.15, -0.1) is 10.2 Å². The maximum Gasteiger partial charge on any atom is 0.264 e. The molecule has 1 N–H and O–H groups in total. The number of halogens is 4. The highest BCUT2D eigenvalue weighted by atomic mass is 35.5. The Bertz CT molecular complexity index is 753. The molecule has 106 valence electrons.